The van der Waals surface area contributed by atoms with Gasteiger partial charge in [0.15, 0.2) is 5.03 Å². The summed E-state index contributed by atoms with van der Waals surface area (Å²) in [5, 5.41) is -0.167. The molecule has 0 fully saturated rings. The zero-order valence-corrected chi connectivity index (χ0v) is 10.6. The molecule has 2 heterocycles. The largest absolute Gasteiger partial charge is 0.396 e. The molecule has 2 aromatic rings. The first-order chi connectivity index (χ1) is 8.50. The summed E-state index contributed by atoms with van der Waals surface area (Å²) in [7, 11) is -1.94. The van der Waals surface area contributed by atoms with Gasteiger partial charge >= 0.3 is 0 Å². The van der Waals surface area contributed by atoms with Crippen LogP contribution in [0.1, 0.15) is 5.82 Å². The van der Waals surface area contributed by atoms with E-state index in [9.17, 15) is 8.42 Å². The van der Waals surface area contributed by atoms with Crippen molar-refractivity contribution in [3.8, 4) is 0 Å². The molecule has 0 atom stereocenters. The molecule has 0 bridgehead atoms. The zero-order chi connectivity index (χ0) is 13.2. The fourth-order valence-corrected chi connectivity index (χ4v) is 2.46. The molecule has 0 spiro atoms. The van der Waals surface area contributed by atoms with E-state index in [-0.39, 0.29) is 17.3 Å². The predicted molar refractivity (Wildman–Crippen MR) is 65.9 cm³/mol. The van der Waals surface area contributed by atoms with Gasteiger partial charge in [0.25, 0.3) is 10.0 Å². The van der Waals surface area contributed by atoms with E-state index in [1.54, 1.807) is 30.1 Å². The normalized spacial score (nSPS) is 11.6. The molecular formula is C10H13N5O2S. The maximum absolute atomic E-state index is 12.0. The van der Waals surface area contributed by atoms with E-state index in [0.717, 1.165) is 0 Å². The maximum Gasteiger partial charge on any atom is 0.260 e. The summed E-state index contributed by atoms with van der Waals surface area (Å²) in [6.45, 7) is 0.0852. The van der Waals surface area contributed by atoms with Gasteiger partial charge in [0, 0.05) is 25.6 Å². The van der Waals surface area contributed by atoms with Crippen LogP contribution in [0, 0.1) is 0 Å². The van der Waals surface area contributed by atoms with Crippen molar-refractivity contribution in [1.29, 1.82) is 0 Å². The number of aryl methyl sites for hydroxylation is 1. The number of imidazole rings is 1. The van der Waals surface area contributed by atoms with E-state index in [1.807, 2.05) is 0 Å². The fourth-order valence-electron chi connectivity index (χ4n) is 1.42. The Morgan fingerprint density at radius 1 is 1.39 bits per heavy atom. The van der Waals surface area contributed by atoms with E-state index in [4.69, 9.17) is 5.73 Å². The monoisotopic (exact) mass is 267 g/mol. The molecule has 8 heteroatoms. The quantitative estimate of drug-likeness (QED) is 0.803. The van der Waals surface area contributed by atoms with Crippen LogP contribution in [0.15, 0.2) is 35.7 Å². The van der Waals surface area contributed by atoms with Crippen molar-refractivity contribution in [1.82, 2.24) is 19.3 Å². The van der Waals surface area contributed by atoms with Crippen molar-refractivity contribution in [3.05, 3.63) is 36.5 Å². The van der Waals surface area contributed by atoms with Crippen molar-refractivity contribution in [2.75, 3.05) is 5.73 Å². The standard InChI is InChI=1S/C10H13N5O2S/c1-15-6-5-12-9(15)7-14-18(16,17)10-8(11)3-2-4-13-10/h2-6,14H,7,11H2,1H3. The van der Waals surface area contributed by atoms with Gasteiger partial charge in [-0.3, -0.25) is 0 Å². The highest BCUT2D eigenvalue weighted by Crippen LogP contribution is 2.13. The van der Waals surface area contributed by atoms with Crippen LogP contribution in [-0.4, -0.2) is 23.0 Å². The number of anilines is 1. The Balaban J connectivity index is 2.19. The van der Waals surface area contributed by atoms with E-state index >= 15 is 0 Å². The lowest BCUT2D eigenvalue weighted by Crippen LogP contribution is -2.26. The van der Waals surface area contributed by atoms with Gasteiger partial charge < -0.3 is 10.3 Å². The third kappa shape index (κ3) is 2.49. The molecule has 0 aliphatic heterocycles. The number of nitrogens with two attached hydrogens (primary N) is 1. The molecule has 0 unspecified atom stereocenters. The van der Waals surface area contributed by atoms with Crippen LogP contribution < -0.4 is 10.5 Å². The molecule has 2 aromatic heterocycles. The maximum atomic E-state index is 12.0. The van der Waals surface area contributed by atoms with Gasteiger partial charge in [0.05, 0.1) is 12.2 Å². The summed E-state index contributed by atoms with van der Waals surface area (Å²) in [5.74, 6) is 0.605. The summed E-state index contributed by atoms with van der Waals surface area (Å²) in [6.07, 6.45) is 4.71. The minimum atomic E-state index is -3.72. The minimum Gasteiger partial charge on any atom is -0.396 e. The Hall–Kier alpha value is -1.93. The first-order valence-electron chi connectivity index (χ1n) is 5.17. The molecule has 3 N–H and O–H groups in total. The van der Waals surface area contributed by atoms with E-state index in [2.05, 4.69) is 14.7 Å². The van der Waals surface area contributed by atoms with Crippen LogP contribution in [0.2, 0.25) is 0 Å². The molecule has 0 aromatic carbocycles. The summed E-state index contributed by atoms with van der Waals surface area (Å²) in [4.78, 5) is 7.79. The molecule has 0 saturated carbocycles. The lowest BCUT2D eigenvalue weighted by molar-refractivity contribution is 0.574. The summed E-state index contributed by atoms with van der Waals surface area (Å²) in [6, 6.07) is 3.06. The average molecular weight is 267 g/mol. The van der Waals surface area contributed by atoms with Crippen LogP contribution in [0.25, 0.3) is 0 Å². The SMILES string of the molecule is Cn1ccnc1CNS(=O)(=O)c1ncccc1N. The molecule has 96 valence electrons. The number of hydrogen-bond donors (Lipinski definition) is 2. The van der Waals surface area contributed by atoms with Crippen LogP contribution in [0.4, 0.5) is 5.69 Å². The smallest absolute Gasteiger partial charge is 0.260 e. The first-order valence-corrected chi connectivity index (χ1v) is 6.65. The second-order valence-corrected chi connectivity index (χ2v) is 5.36. The van der Waals surface area contributed by atoms with Gasteiger partial charge in [-0.25, -0.2) is 23.1 Å². The lowest BCUT2D eigenvalue weighted by Gasteiger charge is -2.07. The Bertz CT molecular complexity index is 650. The molecular weight excluding hydrogens is 254 g/mol. The number of pyridine rings is 1. The Morgan fingerprint density at radius 3 is 2.78 bits per heavy atom. The van der Waals surface area contributed by atoms with Gasteiger partial charge in [-0.05, 0) is 12.1 Å². The highest BCUT2D eigenvalue weighted by molar-refractivity contribution is 7.89. The van der Waals surface area contributed by atoms with E-state index in [0.29, 0.717) is 5.82 Å². The summed E-state index contributed by atoms with van der Waals surface area (Å²) >= 11 is 0. The van der Waals surface area contributed by atoms with Crippen LogP contribution in [0.3, 0.4) is 0 Å². The average Bonchev–Trinajstić information content (AvgIpc) is 2.73. The van der Waals surface area contributed by atoms with Crippen molar-refractivity contribution in [2.45, 2.75) is 11.6 Å². The topological polar surface area (TPSA) is 103 Å². The van der Waals surface area contributed by atoms with Gasteiger partial charge in [0.2, 0.25) is 0 Å². The number of nitrogen functional groups attached to an aromatic ring is 1. The van der Waals surface area contributed by atoms with Crippen LogP contribution in [-0.2, 0) is 23.6 Å². The number of sulfonamides is 1. The summed E-state index contributed by atoms with van der Waals surface area (Å²) < 4.78 is 28.1. The van der Waals surface area contributed by atoms with Gasteiger partial charge in [-0.15, -0.1) is 0 Å². The molecule has 2 rings (SSSR count). The van der Waals surface area contributed by atoms with E-state index < -0.39 is 10.0 Å². The first kappa shape index (κ1) is 12.5. The van der Waals surface area contributed by atoms with Crippen LogP contribution in [0.5, 0.6) is 0 Å². The molecule has 18 heavy (non-hydrogen) atoms. The van der Waals surface area contributed by atoms with Crippen molar-refractivity contribution in [2.24, 2.45) is 7.05 Å². The minimum absolute atomic E-state index is 0.0852. The van der Waals surface area contributed by atoms with Gasteiger partial charge in [0.1, 0.15) is 5.82 Å². The molecule has 0 amide bonds. The summed E-state index contributed by atoms with van der Waals surface area (Å²) in [5.41, 5.74) is 5.70. The highest BCUT2D eigenvalue weighted by atomic mass is 32.2. The van der Waals surface area contributed by atoms with E-state index in [1.165, 1.54) is 12.3 Å². The number of aromatic nitrogens is 3. The van der Waals surface area contributed by atoms with Crippen molar-refractivity contribution >= 4 is 15.7 Å². The molecule has 7 nitrogen and oxygen atoms in total. The second-order valence-electron chi connectivity index (χ2n) is 3.68. The third-order valence-corrected chi connectivity index (χ3v) is 3.77. The Kier molecular flexibility index (Phi) is 3.30. The lowest BCUT2D eigenvalue weighted by atomic mass is 10.4. The number of hydrogen-bond acceptors (Lipinski definition) is 5. The second kappa shape index (κ2) is 4.75. The predicted octanol–water partition coefficient (Wildman–Crippen LogP) is -0.124. The zero-order valence-electron chi connectivity index (χ0n) is 9.74. The van der Waals surface area contributed by atoms with Crippen LogP contribution >= 0.6 is 0 Å². The molecule has 0 aliphatic rings. The Labute approximate surface area is 105 Å². The molecule has 0 saturated heterocycles. The Morgan fingerprint density at radius 2 is 2.17 bits per heavy atom. The third-order valence-electron chi connectivity index (χ3n) is 2.40. The fraction of sp³-hybridized carbons (Fsp3) is 0.200. The highest BCUT2D eigenvalue weighted by Gasteiger charge is 2.18. The van der Waals surface area contributed by atoms with Crippen molar-refractivity contribution in [3.63, 3.8) is 0 Å². The van der Waals surface area contributed by atoms with Crippen molar-refractivity contribution < 1.29 is 8.42 Å². The van der Waals surface area contributed by atoms with Gasteiger partial charge in [-0.2, -0.15) is 0 Å². The number of rotatable bonds is 4. The number of nitrogens with one attached hydrogen (secondary N) is 1. The molecule has 0 radical (unpaired) electrons. The molecule has 0 aliphatic carbocycles. The van der Waals surface area contributed by atoms with Gasteiger partial charge in [-0.1, -0.05) is 0 Å². The number of nitrogens with zero attached hydrogens (tertiary/aromatic N) is 3.